The van der Waals surface area contributed by atoms with Gasteiger partial charge in [0.25, 0.3) is 0 Å². The van der Waals surface area contributed by atoms with Crippen molar-refractivity contribution in [3.63, 3.8) is 0 Å². The van der Waals surface area contributed by atoms with E-state index in [1.165, 1.54) is 44.2 Å². The summed E-state index contributed by atoms with van der Waals surface area (Å²) in [7, 11) is 0. The van der Waals surface area contributed by atoms with Crippen molar-refractivity contribution in [2.45, 2.75) is 58.0 Å². The van der Waals surface area contributed by atoms with Gasteiger partial charge in [0.15, 0.2) is 0 Å². The molecule has 0 amide bonds. The van der Waals surface area contributed by atoms with Gasteiger partial charge in [-0.25, -0.2) is 0 Å². The van der Waals surface area contributed by atoms with Crippen LogP contribution in [0.1, 0.15) is 45.1 Å². The smallest absolute Gasteiger partial charge is 0.00697 e. The van der Waals surface area contributed by atoms with Gasteiger partial charge >= 0.3 is 0 Å². The van der Waals surface area contributed by atoms with Crippen LogP contribution in [-0.2, 0) is 6.42 Å². The lowest BCUT2D eigenvalue weighted by Gasteiger charge is -2.39. The van der Waals surface area contributed by atoms with Crippen molar-refractivity contribution in [3.05, 3.63) is 35.9 Å². The van der Waals surface area contributed by atoms with E-state index in [2.05, 4.69) is 49.1 Å². The summed E-state index contributed by atoms with van der Waals surface area (Å²) < 4.78 is 0. The van der Waals surface area contributed by atoms with Crippen LogP contribution in [-0.4, -0.2) is 23.5 Å². The summed E-state index contributed by atoms with van der Waals surface area (Å²) in [6.45, 7) is 6.04. The number of nitrogens with zero attached hydrogens (tertiary/aromatic N) is 1. The van der Waals surface area contributed by atoms with Gasteiger partial charge in [0.05, 0.1) is 0 Å². The van der Waals surface area contributed by atoms with E-state index < -0.39 is 0 Å². The molecule has 2 atom stereocenters. The highest BCUT2D eigenvalue weighted by Gasteiger charge is 2.23. The molecule has 1 fully saturated rings. The predicted octanol–water partition coefficient (Wildman–Crippen LogP) is 3.88. The second-order valence-electron chi connectivity index (χ2n) is 5.46. The molecule has 2 rings (SSSR count). The Labute approximate surface area is 106 Å². The van der Waals surface area contributed by atoms with Crippen LogP contribution in [0.15, 0.2) is 30.3 Å². The molecule has 94 valence electrons. The van der Waals surface area contributed by atoms with Gasteiger partial charge in [0, 0.05) is 12.1 Å². The molecule has 1 nitrogen and oxygen atoms in total. The van der Waals surface area contributed by atoms with Gasteiger partial charge in [0.2, 0.25) is 0 Å². The van der Waals surface area contributed by atoms with Crippen LogP contribution in [0.5, 0.6) is 0 Å². The molecule has 0 N–H and O–H groups in total. The monoisotopic (exact) mass is 231 g/mol. The normalized spacial score (nSPS) is 26.0. The molecule has 1 heteroatoms. The zero-order valence-corrected chi connectivity index (χ0v) is 11.2. The molecule has 1 aliphatic rings. The fourth-order valence-electron chi connectivity index (χ4n) is 3.03. The molecule has 0 bridgehead atoms. The van der Waals surface area contributed by atoms with Crippen molar-refractivity contribution in [2.75, 3.05) is 6.54 Å². The third-order valence-electron chi connectivity index (χ3n) is 4.10. The van der Waals surface area contributed by atoms with Crippen LogP contribution in [0.2, 0.25) is 0 Å². The molecule has 0 spiro atoms. The van der Waals surface area contributed by atoms with Crippen LogP contribution in [0.25, 0.3) is 0 Å². The highest BCUT2D eigenvalue weighted by molar-refractivity contribution is 5.14. The predicted molar refractivity (Wildman–Crippen MR) is 74.2 cm³/mol. The molecular weight excluding hydrogens is 206 g/mol. The molecule has 0 aromatic heterocycles. The largest absolute Gasteiger partial charge is 0.298 e. The number of hydrogen-bond acceptors (Lipinski definition) is 1. The van der Waals surface area contributed by atoms with Gasteiger partial charge < -0.3 is 0 Å². The standard InChI is InChI=1S/C16H25N/c1-14-8-6-9-15(2)17(14)13-7-12-16-10-4-3-5-11-16/h3-5,10-11,14-15H,6-9,12-13H2,1-2H3. The number of piperidine rings is 1. The van der Waals surface area contributed by atoms with E-state index in [0.717, 1.165) is 12.1 Å². The summed E-state index contributed by atoms with van der Waals surface area (Å²) in [4.78, 5) is 2.70. The van der Waals surface area contributed by atoms with E-state index in [0.29, 0.717) is 0 Å². The summed E-state index contributed by atoms with van der Waals surface area (Å²) in [5.41, 5.74) is 1.48. The van der Waals surface area contributed by atoms with E-state index in [9.17, 15) is 0 Å². The lowest BCUT2D eigenvalue weighted by atomic mass is 9.97. The fourth-order valence-corrected chi connectivity index (χ4v) is 3.03. The Morgan fingerprint density at radius 2 is 1.71 bits per heavy atom. The zero-order valence-electron chi connectivity index (χ0n) is 11.2. The molecule has 0 saturated carbocycles. The summed E-state index contributed by atoms with van der Waals surface area (Å²) in [5.74, 6) is 0. The fraction of sp³-hybridized carbons (Fsp3) is 0.625. The number of rotatable bonds is 4. The summed E-state index contributed by atoms with van der Waals surface area (Å²) in [5, 5.41) is 0. The van der Waals surface area contributed by atoms with Crippen LogP contribution in [0.4, 0.5) is 0 Å². The van der Waals surface area contributed by atoms with Crippen LogP contribution in [0.3, 0.4) is 0 Å². The van der Waals surface area contributed by atoms with Crippen LogP contribution in [0, 0.1) is 0 Å². The lowest BCUT2D eigenvalue weighted by molar-refractivity contribution is 0.102. The van der Waals surface area contributed by atoms with Crippen LogP contribution >= 0.6 is 0 Å². The van der Waals surface area contributed by atoms with Crippen molar-refractivity contribution in [1.29, 1.82) is 0 Å². The van der Waals surface area contributed by atoms with Gasteiger partial charge in [0.1, 0.15) is 0 Å². The Balaban J connectivity index is 1.77. The quantitative estimate of drug-likeness (QED) is 0.760. The topological polar surface area (TPSA) is 3.24 Å². The maximum absolute atomic E-state index is 2.70. The SMILES string of the molecule is CC1CCCC(C)N1CCCc1ccccc1. The first-order chi connectivity index (χ1) is 8.27. The molecule has 0 aliphatic carbocycles. The first kappa shape index (κ1) is 12.6. The Morgan fingerprint density at radius 3 is 2.35 bits per heavy atom. The highest BCUT2D eigenvalue weighted by Crippen LogP contribution is 2.22. The number of hydrogen-bond donors (Lipinski definition) is 0. The minimum atomic E-state index is 0.787. The molecule has 1 aliphatic heterocycles. The third kappa shape index (κ3) is 3.57. The Kier molecular flexibility index (Phi) is 4.61. The van der Waals surface area contributed by atoms with Crippen molar-refractivity contribution >= 4 is 0 Å². The highest BCUT2D eigenvalue weighted by atomic mass is 15.2. The second kappa shape index (κ2) is 6.20. The summed E-state index contributed by atoms with van der Waals surface area (Å²) >= 11 is 0. The first-order valence-corrected chi connectivity index (χ1v) is 7.07. The average molecular weight is 231 g/mol. The first-order valence-electron chi connectivity index (χ1n) is 7.07. The molecular formula is C16H25N. The second-order valence-corrected chi connectivity index (χ2v) is 5.46. The minimum Gasteiger partial charge on any atom is -0.298 e. The van der Waals surface area contributed by atoms with Crippen molar-refractivity contribution in [3.8, 4) is 0 Å². The molecule has 1 aromatic rings. The molecule has 1 saturated heterocycles. The Morgan fingerprint density at radius 1 is 1.06 bits per heavy atom. The van der Waals surface area contributed by atoms with Gasteiger partial charge in [-0.1, -0.05) is 36.8 Å². The summed E-state index contributed by atoms with van der Waals surface area (Å²) in [6, 6.07) is 12.4. The van der Waals surface area contributed by atoms with E-state index >= 15 is 0 Å². The Bertz CT molecular complexity index is 310. The summed E-state index contributed by atoms with van der Waals surface area (Å²) in [6.07, 6.45) is 6.69. The van der Waals surface area contributed by atoms with Gasteiger partial charge in [-0.15, -0.1) is 0 Å². The van der Waals surface area contributed by atoms with E-state index in [1.54, 1.807) is 0 Å². The number of aryl methyl sites for hydroxylation is 1. The molecule has 1 heterocycles. The average Bonchev–Trinajstić information content (AvgIpc) is 2.34. The molecule has 0 radical (unpaired) electrons. The third-order valence-corrected chi connectivity index (χ3v) is 4.10. The van der Waals surface area contributed by atoms with Crippen molar-refractivity contribution in [1.82, 2.24) is 4.90 Å². The van der Waals surface area contributed by atoms with Crippen molar-refractivity contribution < 1.29 is 0 Å². The number of benzene rings is 1. The zero-order chi connectivity index (χ0) is 12.1. The lowest BCUT2D eigenvalue weighted by Crippen LogP contribution is -2.44. The molecule has 1 aromatic carbocycles. The minimum absolute atomic E-state index is 0.787. The number of likely N-dealkylation sites (tertiary alicyclic amines) is 1. The van der Waals surface area contributed by atoms with E-state index in [-0.39, 0.29) is 0 Å². The molecule has 2 unspecified atom stereocenters. The Hall–Kier alpha value is -0.820. The molecule has 17 heavy (non-hydrogen) atoms. The van der Waals surface area contributed by atoms with E-state index in [4.69, 9.17) is 0 Å². The van der Waals surface area contributed by atoms with E-state index in [1.807, 2.05) is 0 Å². The van der Waals surface area contributed by atoms with Crippen molar-refractivity contribution in [2.24, 2.45) is 0 Å². The van der Waals surface area contributed by atoms with Gasteiger partial charge in [-0.2, -0.15) is 0 Å². The maximum atomic E-state index is 2.70. The van der Waals surface area contributed by atoms with Gasteiger partial charge in [-0.3, -0.25) is 4.90 Å². The van der Waals surface area contributed by atoms with Gasteiger partial charge in [-0.05, 0) is 51.6 Å². The maximum Gasteiger partial charge on any atom is 0.00697 e. The van der Waals surface area contributed by atoms with Crippen LogP contribution < -0.4 is 0 Å².